The zero-order valence-electron chi connectivity index (χ0n) is 12.6. The molecule has 1 saturated carbocycles. The first-order valence-corrected chi connectivity index (χ1v) is 7.95. The maximum Gasteiger partial charge on any atom is 0.224 e. The van der Waals surface area contributed by atoms with Crippen molar-refractivity contribution in [2.75, 3.05) is 25.0 Å². The zero-order valence-corrected chi connectivity index (χ0v) is 12.6. The van der Waals surface area contributed by atoms with Crippen LogP contribution < -0.4 is 10.6 Å². The number of nitrogens with zero attached hydrogens (tertiary/aromatic N) is 2. The van der Waals surface area contributed by atoms with Crippen LogP contribution in [0.2, 0.25) is 0 Å². The molecule has 22 heavy (non-hydrogen) atoms. The van der Waals surface area contributed by atoms with E-state index in [2.05, 4.69) is 15.6 Å². The summed E-state index contributed by atoms with van der Waals surface area (Å²) in [5, 5.41) is 6.16. The van der Waals surface area contributed by atoms with Crippen molar-refractivity contribution in [3.63, 3.8) is 0 Å². The first-order valence-electron chi connectivity index (χ1n) is 7.95. The smallest absolute Gasteiger partial charge is 0.224 e. The van der Waals surface area contributed by atoms with Crippen molar-refractivity contribution in [3.8, 4) is 0 Å². The van der Waals surface area contributed by atoms with Crippen LogP contribution >= 0.6 is 0 Å². The van der Waals surface area contributed by atoms with Crippen molar-refractivity contribution in [2.24, 2.45) is 5.92 Å². The SMILES string of the molecule is O=C(NCCNc1cccnc1)[C@H]1CCC(=O)N(C2CC2)C1. The molecule has 0 bridgehead atoms. The normalized spacial score (nSPS) is 21.5. The maximum absolute atomic E-state index is 12.2. The van der Waals surface area contributed by atoms with Crippen LogP contribution in [0.1, 0.15) is 25.7 Å². The Kier molecular flexibility index (Phi) is 4.56. The van der Waals surface area contributed by atoms with E-state index in [1.165, 1.54) is 0 Å². The third-order valence-electron chi connectivity index (χ3n) is 4.22. The molecule has 118 valence electrons. The van der Waals surface area contributed by atoms with Crippen LogP contribution in [0.3, 0.4) is 0 Å². The molecule has 0 radical (unpaired) electrons. The highest BCUT2D eigenvalue weighted by molar-refractivity contribution is 5.84. The molecular formula is C16H22N4O2. The van der Waals surface area contributed by atoms with Gasteiger partial charge in [-0.2, -0.15) is 0 Å². The summed E-state index contributed by atoms with van der Waals surface area (Å²) in [7, 11) is 0. The van der Waals surface area contributed by atoms with Gasteiger partial charge >= 0.3 is 0 Å². The first-order chi connectivity index (χ1) is 10.7. The Hall–Kier alpha value is -2.11. The monoisotopic (exact) mass is 302 g/mol. The molecule has 0 spiro atoms. The molecule has 1 saturated heterocycles. The molecule has 6 nitrogen and oxygen atoms in total. The Morgan fingerprint density at radius 3 is 2.91 bits per heavy atom. The highest BCUT2D eigenvalue weighted by atomic mass is 16.2. The van der Waals surface area contributed by atoms with E-state index in [4.69, 9.17) is 0 Å². The van der Waals surface area contributed by atoms with E-state index < -0.39 is 0 Å². The standard InChI is InChI=1S/C16H22N4O2/c21-15-6-3-12(11-20(15)14-4-5-14)16(22)19-9-8-18-13-2-1-7-17-10-13/h1-2,7,10,12,14,18H,3-6,8-9,11H2,(H,19,22)/t12-/m0/s1. The predicted octanol–water partition coefficient (Wildman–Crippen LogP) is 1.01. The van der Waals surface area contributed by atoms with Gasteiger partial charge in [0.25, 0.3) is 0 Å². The van der Waals surface area contributed by atoms with Gasteiger partial charge in [-0.15, -0.1) is 0 Å². The summed E-state index contributed by atoms with van der Waals surface area (Å²) in [5.41, 5.74) is 0.944. The van der Waals surface area contributed by atoms with Crippen molar-refractivity contribution < 1.29 is 9.59 Å². The van der Waals surface area contributed by atoms with Crippen LogP contribution in [0, 0.1) is 5.92 Å². The lowest BCUT2D eigenvalue weighted by Gasteiger charge is -2.32. The lowest BCUT2D eigenvalue weighted by Crippen LogP contribution is -2.47. The van der Waals surface area contributed by atoms with E-state index in [1.807, 2.05) is 17.0 Å². The molecule has 0 unspecified atom stereocenters. The van der Waals surface area contributed by atoms with Gasteiger partial charge < -0.3 is 15.5 Å². The van der Waals surface area contributed by atoms with Gasteiger partial charge in [0.1, 0.15) is 0 Å². The summed E-state index contributed by atoms with van der Waals surface area (Å²) >= 11 is 0. The van der Waals surface area contributed by atoms with Crippen molar-refractivity contribution in [3.05, 3.63) is 24.5 Å². The number of nitrogens with one attached hydrogen (secondary N) is 2. The van der Waals surface area contributed by atoms with Crippen molar-refractivity contribution in [2.45, 2.75) is 31.7 Å². The molecule has 1 aromatic rings. The molecule has 0 aromatic carbocycles. The lowest BCUT2D eigenvalue weighted by molar-refractivity contribution is -0.138. The van der Waals surface area contributed by atoms with E-state index in [0.29, 0.717) is 38.5 Å². The number of rotatable bonds is 6. The Morgan fingerprint density at radius 2 is 2.18 bits per heavy atom. The second-order valence-electron chi connectivity index (χ2n) is 5.97. The summed E-state index contributed by atoms with van der Waals surface area (Å²) < 4.78 is 0. The van der Waals surface area contributed by atoms with Gasteiger partial charge in [0, 0.05) is 44.5 Å². The third kappa shape index (κ3) is 3.75. The van der Waals surface area contributed by atoms with Gasteiger partial charge in [0.15, 0.2) is 0 Å². The summed E-state index contributed by atoms with van der Waals surface area (Å²) in [5.74, 6) is 0.215. The maximum atomic E-state index is 12.2. The summed E-state index contributed by atoms with van der Waals surface area (Å²) in [4.78, 5) is 30.0. The lowest BCUT2D eigenvalue weighted by atomic mass is 9.96. The molecule has 1 aliphatic carbocycles. The minimum Gasteiger partial charge on any atom is -0.382 e. The van der Waals surface area contributed by atoms with E-state index in [9.17, 15) is 9.59 Å². The highest BCUT2D eigenvalue weighted by Crippen LogP contribution is 2.31. The van der Waals surface area contributed by atoms with Gasteiger partial charge in [0.05, 0.1) is 11.6 Å². The second kappa shape index (κ2) is 6.77. The van der Waals surface area contributed by atoms with Crippen LogP contribution in [0.4, 0.5) is 5.69 Å². The van der Waals surface area contributed by atoms with Gasteiger partial charge in [0.2, 0.25) is 11.8 Å². The van der Waals surface area contributed by atoms with E-state index in [-0.39, 0.29) is 17.7 Å². The molecule has 2 N–H and O–H groups in total. The Balaban J connectivity index is 1.39. The first kappa shape index (κ1) is 14.8. The summed E-state index contributed by atoms with van der Waals surface area (Å²) in [6.45, 7) is 1.82. The highest BCUT2D eigenvalue weighted by Gasteiger charge is 2.38. The van der Waals surface area contributed by atoms with Crippen LogP contribution in [0.15, 0.2) is 24.5 Å². The number of carbonyl (C=O) groups excluding carboxylic acids is 2. The largest absolute Gasteiger partial charge is 0.382 e. The van der Waals surface area contributed by atoms with Crippen molar-refractivity contribution in [1.82, 2.24) is 15.2 Å². The van der Waals surface area contributed by atoms with Crippen LogP contribution in [0.5, 0.6) is 0 Å². The van der Waals surface area contributed by atoms with E-state index in [0.717, 1.165) is 18.5 Å². The molecule has 2 amide bonds. The molecular weight excluding hydrogens is 280 g/mol. The van der Waals surface area contributed by atoms with Crippen LogP contribution in [0.25, 0.3) is 0 Å². The second-order valence-corrected chi connectivity index (χ2v) is 5.97. The van der Waals surface area contributed by atoms with E-state index in [1.54, 1.807) is 12.4 Å². The average molecular weight is 302 g/mol. The Labute approximate surface area is 130 Å². The summed E-state index contributed by atoms with van der Waals surface area (Å²) in [6, 6.07) is 4.21. The van der Waals surface area contributed by atoms with Gasteiger partial charge in [-0.1, -0.05) is 0 Å². The number of anilines is 1. The fourth-order valence-electron chi connectivity index (χ4n) is 2.83. The van der Waals surface area contributed by atoms with Crippen LogP contribution in [-0.4, -0.2) is 47.4 Å². The summed E-state index contributed by atoms with van der Waals surface area (Å²) in [6.07, 6.45) is 6.84. The van der Waals surface area contributed by atoms with Crippen LogP contribution in [-0.2, 0) is 9.59 Å². The molecule has 1 atom stereocenters. The van der Waals surface area contributed by atoms with Crippen molar-refractivity contribution >= 4 is 17.5 Å². The molecule has 3 rings (SSSR count). The number of pyridine rings is 1. The third-order valence-corrected chi connectivity index (χ3v) is 4.22. The minimum atomic E-state index is -0.0586. The van der Waals surface area contributed by atoms with Gasteiger partial charge in [-0.25, -0.2) is 0 Å². The Morgan fingerprint density at radius 1 is 1.32 bits per heavy atom. The molecule has 2 heterocycles. The average Bonchev–Trinajstić information content (AvgIpc) is 3.37. The van der Waals surface area contributed by atoms with Gasteiger partial charge in [-0.3, -0.25) is 14.6 Å². The quantitative estimate of drug-likeness (QED) is 0.769. The predicted molar refractivity (Wildman–Crippen MR) is 83.2 cm³/mol. The zero-order chi connectivity index (χ0) is 15.4. The fraction of sp³-hybridized carbons (Fsp3) is 0.562. The number of amides is 2. The van der Waals surface area contributed by atoms with E-state index >= 15 is 0 Å². The Bertz CT molecular complexity index is 530. The fourth-order valence-corrected chi connectivity index (χ4v) is 2.83. The number of aromatic nitrogens is 1. The number of hydrogen-bond donors (Lipinski definition) is 2. The molecule has 1 aromatic heterocycles. The molecule has 6 heteroatoms. The number of hydrogen-bond acceptors (Lipinski definition) is 4. The number of carbonyl (C=O) groups is 2. The minimum absolute atomic E-state index is 0.0586. The number of piperidine rings is 1. The van der Waals surface area contributed by atoms with Gasteiger partial charge in [-0.05, 0) is 31.4 Å². The number of likely N-dealkylation sites (tertiary alicyclic amines) is 1. The topological polar surface area (TPSA) is 74.3 Å². The molecule has 1 aliphatic heterocycles. The molecule has 2 aliphatic rings. The van der Waals surface area contributed by atoms with Crippen molar-refractivity contribution in [1.29, 1.82) is 0 Å². The molecule has 2 fully saturated rings.